The summed E-state index contributed by atoms with van der Waals surface area (Å²) in [5.74, 6) is 0. The molecule has 0 saturated carbocycles. The van der Waals surface area contributed by atoms with Crippen LogP contribution in [0.5, 0.6) is 0 Å². The standard InChI is InChI=1S/C13H28O.Ti/c1-2-3-4-5-6-7-8-9-10-11-12-13-14;/h14H,2-13H2,1H3;. The van der Waals surface area contributed by atoms with Gasteiger partial charge in [-0.1, -0.05) is 71.1 Å². The summed E-state index contributed by atoms with van der Waals surface area (Å²) < 4.78 is 0. The van der Waals surface area contributed by atoms with Crippen LogP contribution in [-0.4, -0.2) is 11.7 Å². The molecule has 0 aliphatic heterocycles. The van der Waals surface area contributed by atoms with Crippen LogP contribution < -0.4 is 0 Å². The van der Waals surface area contributed by atoms with Crippen LogP contribution in [0.4, 0.5) is 0 Å². The minimum absolute atomic E-state index is 0. The molecule has 0 saturated heterocycles. The summed E-state index contributed by atoms with van der Waals surface area (Å²) in [6, 6.07) is 0. The van der Waals surface area contributed by atoms with Gasteiger partial charge in [-0.15, -0.1) is 0 Å². The maximum Gasteiger partial charge on any atom is 0.0431 e. The zero-order valence-electron chi connectivity index (χ0n) is 10.4. The van der Waals surface area contributed by atoms with Gasteiger partial charge in [-0.2, -0.15) is 0 Å². The Kier molecular flexibility index (Phi) is 20.6. The molecule has 0 radical (unpaired) electrons. The van der Waals surface area contributed by atoms with Crippen LogP contribution in [0.3, 0.4) is 0 Å². The maximum absolute atomic E-state index is 8.59. The summed E-state index contributed by atoms with van der Waals surface area (Å²) in [6.07, 6.45) is 14.8. The summed E-state index contributed by atoms with van der Waals surface area (Å²) in [7, 11) is 0. The van der Waals surface area contributed by atoms with Gasteiger partial charge in [0.2, 0.25) is 0 Å². The Bertz CT molecular complexity index is 84.5. The van der Waals surface area contributed by atoms with Gasteiger partial charge in [0, 0.05) is 28.3 Å². The van der Waals surface area contributed by atoms with Gasteiger partial charge in [0.05, 0.1) is 0 Å². The van der Waals surface area contributed by atoms with Crippen molar-refractivity contribution in [3.8, 4) is 0 Å². The van der Waals surface area contributed by atoms with E-state index < -0.39 is 0 Å². The monoisotopic (exact) mass is 248 g/mol. The fraction of sp³-hybridized carbons (Fsp3) is 1.00. The Hall–Kier alpha value is 0.674. The Balaban J connectivity index is 0. The fourth-order valence-electron chi connectivity index (χ4n) is 1.78. The Labute approximate surface area is 111 Å². The number of aliphatic hydroxyl groups is 1. The second-order valence-electron chi connectivity index (χ2n) is 4.26. The maximum atomic E-state index is 8.59. The van der Waals surface area contributed by atoms with E-state index in [-0.39, 0.29) is 21.7 Å². The molecule has 0 aliphatic carbocycles. The van der Waals surface area contributed by atoms with Gasteiger partial charge in [-0.05, 0) is 6.42 Å². The molecule has 0 unspecified atom stereocenters. The third-order valence-corrected chi connectivity index (χ3v) is 2.76. The number of hydrogen-bond donors (Lipinski definition) is 1. The molecule has 90 valence electrons. The van der Waals surface area contributed by atoms with Crippen molar-refractivity contribution in [2.24, 2.45) is 0 Å². The van der Waals surface area contributed by atoms with E-state index in [1.54, 1.807) is 0 Å². The minimum atomic E-state index is 0. The first-order valence-electron chi connectivity index (χ1n) is 6.52. The van der Waals surface area contributed by atoms with Gasteiger partial charge in [0.1, 0.15) is 0 Å². The van der Waals surface area contributed by atoms with Crippen molar-refractivity contribution >= 4 is 0 Å². The molecule has 1 nitrogen and oxygen atoms in total. The topological polar surface area (TPSA) is 20.2 Å². The van der Waals surface area contributed by atoms with E-state index in [1.165, 1.54) is 64.2 Å². The van der Waals surface area contributed by atoms with Crippen molar-refractivity contribution in [1.82, 2.24) is 0 Å². The van der Waals surface area contributed by atoms with Crippen LogP contribution in [0.15, 0.2) is 0 Å². The van der Waals surface area contributed by atoms with Crippen LogP contribution in [0, 0.1) is 0 Å². The first kappa shape index (κ1) is 18.1. The molecule has 2 heteroatoms. The largest absolute Gasteiger partial charge is 0.396 e. The van der Waals surface area contributed by atoms with Gasteiger partial charge in [0.15, 0.2) is 0 Å². The molecule has 0 rings (SSSR count). The van der Waals surface area contributed by atoms with Crippen molar-refractivity contribution in [2.45, 2.75) is 77.6 Å². The van der Waals surface area contributed by atoms with Gasteiger partial charge >= 0.3 is 0 Å². The molecule has 15 heavy (non-hydrogen) atoms. The Morgan fingerprint density at radius 3 is 1.27 bits per heavy atom. The summed E-state index contributed by atoms with van der Waals surface area (Å²) in [6.45, 7) is 2.64. The van der Waals surface area contributed by atoms with Crippen molar-refractivity contribution < 1.29 is 26.8 Å². The molecule has 0 bridgehead atoms. The van der Waals surface area contributed by atoms with E-state index in [0.29, 0.717) is 6.61 Å². The van der Waals surface area contributed by atoms with E-state index in [2.05, 4.69) is 6.92 Å². The number of aliphatic hydroxyl groups excluding tert-OH is 1. The summed E-state index contributed by atoms with van der Waals surface area (Å²) in [5, 5.41) is 8.59. The van der Waals surface area contributed by atoms with E-state index in [1.807, 2.05) is 0 Å². The van der Waals surface area contributed by atoms with Crippen LogP contribution >= 0.6 is 0 Å². The van der Waals surface area contributed by atoms with Gasteiger partial charge in [-0.3, -0.25) is 0 Å². The van der Waals surface area contributed by atoms with E-state index in [4.69, 9.17) is 5.11 Å². The van der Waals surface area contributed by atoms with E-state index >= 15 is 0 Å². The smallest absolute Gasteiger partial charge is 0.0431 e. The molecule has 0 aromatic rings. The quantitative estimate of drug-likeness (QED) is 0.427. The molecular weight excluding hydrogens is 220 g/mol. The molecule has 0 heterocycles. The summed E-state index contributed by atoms with van der Waals surface area (Å²) >= 11 is 0. The minimum Gasteiger partial charge on any atom is -0.396 e. The summed E-state index contributed by atoms with van der Waals surface area (Å²) in [4.78, 5) is 0. The number of unbranched alkanes of at least 4 members (excludes halogenated alkanes) is 10. The molecule has 0 atom stereocenters. The first-order chi connectivity index (χ1) is 6.91. The van der Waals surface area contributed by atoms with Crippen LogP contribution in [-0.2, 0) is 21.7 Å². The van der Waals surface area contributed by atoms with Crippen molar-refractivity contribution in [1.29, 1.82) is 0 Å². The zero-order valence-corrected chi connectivity index (χ0v) is 12.0. The third kappa shape index (κ3) is 17.3. The predicted molar refractivity (Wildman–Crippen MR) is 63.5 cm³/mol. The molecule has 1 N–H and O–H groups in total. The third-order valence-electron chi connectivity index (χ3n) is 2.76. The molecule has 0 amide bonds. The molecular formula is C13H28OTi. The molecule has 0 aliphatic rings. The molecule has 0 spiro atoms. The normalized spacial score (nSPS) is 10.0. The Morgan fingerprint density at radius 1 is 0.600 bits per heavy atom. The Morgan fingerprint density at radius 2 is 0.933 bits per heavy atom. The second kappa shape index (κ2) is 17.1. The predicted octanol–water partition coefficient (Wildman–Crippen LogP) is 4.29. The summed E-state index contributed by atoms with van der Waals surface area (Å²) in [5.41, 5.74) is 0. The molecule has 0 aromatic carbocycles. The zero-order chi connectivity index (χ0) is 10.5. The van der Waals surface area contributed by atoms with Crippen molar-refractivity contribution in [3.63, 3.8) is 0 Å². The number of rotatable bonds is 11. The SMILES string of the molecule is CCCCCCCCCCCCCO.[Ti]. The fourth-order valence-corrected chi connectivity index (χ4v) is 1.78. The van der Waals surface area contributed by atoms with Gasteiger partial charge in [-0.25, -0.2) is 0 Å². The van der Waals surface area contributed by atoms with Crippen molar-refractivity contribution in [2.75, 3.05) is 6.61 Å². The van der Waals surface area contributed by atoms with Gasteiger partial charge in [0.25, 0.3) is 0 Å². The molecule has 0 aromatic heterocycles. The van der Waals surface area contributed by atoms with E-state index in [0.717, 1.165) is 6.42 Å². The second-order valence-corrected chi connectivity index (χ2v) is 4.26. The average molecular weight is 248 g/mol. The number of hydrogen-bond acceptors (Lipinski definition) is 1. The molecule has 0 fully saturated rings. The van der Waals surface area contributed by atoms with Crippen molar-refractivity contribution in [3.05, 3.63) is 0 Å². The van der Waals surface area contributed by atoms with E-state index in [9.17, 15) is 0 Å². The van der Waals surface area contributed by atoms with Gasteiger partial charge < -0.3 is 5.11 Å². The van der Waals surface area contributed by atoms with Crippen LogP contribution in [0.2, 0.25) is 0 Å². The van der Waals surface area contributed by atoms with Crippen LogP contribution in [0.25, 0.3) is 0 Å². The first-order valence-corrected chi connectivity index (χ1v) is 6.52. The average Bonchev–Trinajstić information content (AvgIpc) is 2.21. The van der Waals surface area contributed by atoms with Crippen LogP contribution in [0.1, 0.15) is 77.6 Å².